The molecule has 0 aliphatic carbocycles. The molecule has 1 heterocycles. The zero-order chi connectivity index (χ0) is 13.2. The second kappa shape index (κ2) is 4.95. The number of nitriles is 1. The average Bonchev–Trinajstić information content (AvgIpc) is 2.36. The van der Waals surface area contributed by atoms with Crippen LogP contribution in [-0.4, -0.2) is 19.3 Å². The maximum Gasteiger partial charge on any atom is 0.126 e. The Morgan fingerprint density at radius 3 is 3.06 bits per heavy atom. The lowest BCUT2D eigenvalue weighted by molar-refractivity contribution is -0.0134. The molecule has 0 N–H and O–H groups in total. The molecular formula is C14H16FNO2. The van der Waals surface area contributed by atoms with Gasteiger partial charge in [-0.25, -0.2) is 4.39 Å². The summed E-state index contributed by atoms with van der Waals surface area (Å²) in [5.74, 6) is 0.299. The van der Waals surface area contributed by atoms with Crippen molar-refractivity contribution >= 4 is 0 Å². The van der Waals surface area contributed by atoms with Gasteiger partial charge in [0.15, 0.2) is 0 Å². The lowest BCUT2D eigenvalue weighted by Crippen LogP contribution is -2.32. The van der Waals surface area contributed by atoms with E-state index in [0.29, 0.717) is 25.4 Å². The summed E-state index contributed by atoms with van der Waals surface area (Å²) in [5.41, 5.74) is 0.450. The Kier molecular flexibility index (Phi) is 3.53. The molecule has 0 bridgehead atoms. The Morgan fingerprint density at radius 2 is 2.33 bits per heavy atom. The fraction of sp³-hybridized carbons (Fsp3) is 0.500. The third-order valence-electron chi connectivity index (χ3n) is 2.88. The van der Waals surface area contributed by atoms with Crippen LogP contribution in [0.4, 0.5) is 4.39 Å². The second-order valence-corrected chi connectivity index (χ2v) is 5.20. The van der Waals surface area contributed by atoms with Crippen LogP contribution in [0, 0.1) is 22.6 Å². The van der Waals surface area contributed by atoms with Crippen molar-refractivity contribution in [3.8, 4) is 11.8 Å². The van der Waals surface area contributed by atoms with Crippen molar-refractivity contribution in [2.45, 2.75) is 26.4 Å². The van der Waals surface area contributed by atoms with Crippen LogP contribution in [-0.2, 0) is 11.2 Å². The van der Waals surface area contributed by atoms with Crippen LogP contribution < -0.4 is 4.74 Å². The molecule has 0 amide bonds. The van der Waals surface area contributed by atoms with Gasteiger partial charge in [-0.15, -0.1) is 0 Å². The van der Waals surface area contributed by atoms with E-state index in [9.17, 15) is 4.39 Å². The van der Waals surface area contributed by atoms with Gasteiger partial charge in [0.1, 0.15) is 18.2 Å². The Balaban J connectivity index is 1.96. The fourth-order valence-electron chi connectivity index (χ4n) is 1.78. The first-order valence-corrected chi connectivity index (χ1v) is 5.94. The van der Waals surface area contributed by atoms with E-state index >= 15 is 0 Å². The van der Waals surface area contributed by atoms with Gasteiger partial charge >= 0.3 is 0 Å². The number of hydrogen-bond donors (Lipinski definition) is 0. The highest BCUT2D eigenvalue weighted by Crippen LogP contribution is 2.27. The van der Waals surface area contributed by atoms with E-state index < -0.39 is 5.41 Å². The zero-order valence-electron chi connectivity index (χ0n) is 10.6. The normalized spacial score (nSPS) is 18.7. The topological polar surface area (TPSA) is 42.2 Å². The molecule has 1 aromatic carbocycles. The van der Waals surface area contributed by atoms with E-state index in [1.165, 1.54) is 12.1 Å². The van der Waals surface area contributed by atoms with Gasteiger partial charge in [0.2, 0.25) is 0 Å². The lowest BCUT2D eigenvalue weighted by Gasteiger charge is -2.27. The molecule has 1 aliphatic heterocycles. The summed E-state index contributed by atoms with van der Waals surface area (Å²) in [5, 5.41) is 8.91. The van der Waals surface area contributed by atoms with Crippen molar-refractivity contribution in [3.05, 3.63) is 29.6 Å². The minimum absolute atomic E-state index is 0.0735. The maximum atomic E-state index is 13.0. The van der Waals surface area contributed by atoms with E-state index in [2.05, 4.69) is 6.07 Å². The molecule has 4 heteroatoms. The quantitative estimate of drug-likeness (QED) is 0.827. The Bertz CT molecular complexity index is 479. The van der Waals surface area contributed by atoms with Gasteiger partial charge in [-0.05, 0) is 25.5 Å². The molecule has 3 nitrogen and oxygen atoms in total. The first-order valence-electron chi connectivity index (χ1n) is 5.94. The molecule has 1 unspecified atom stereocenters. The van der Waals surface area contributed by atoms with Crippen molar-refractivity contribution in [1.29, 1.82) is 5.26 Å². The summed E-state index contributed by atoms with van der Waals surface area (Å²) in [7, 11) is 0. The van der Waals surface area contributed by atoms with Gasteiger partial charge in [0, 0.05) is 12.5 Å². The van der Waals surface area contributed by atoms with Crippen molar-refractivity contribution in [2.24, 2.45) is 5.41 Å². The van der Waals surface area contributed by atoms with Crippen molar-refractivity contribution in [3.63, 3.8) is 0 Å². The van der Waals surface area contributed by atoms with Gasteiger partial charge < -0.3 is 9.47 Å². The first kappa shape index (κ1) is 12.8. The number of halogens is 1. The molecular weight excluding hydrogens is 233 g/mol. The highest BCUT2D eigenvalue weighted by atomic mass is 19.1. The molecule has 96 valence electrons. The number of hydrogen-bond acceptors (Lipinski definition) is 3. The largest absolute Gasteiger partial charge is 0.490 e. The standard InChI is InChI=1S/C14H16FNO2/c1-14(2,8-16)9-18-12-5-10-3-4-11(15)6-13(10)17-7-12/h3-4,6,12H,5,7,9H2,1-2H3. The third-order valence-corrected chi connectivity index (χ3v) is 2.88. The smallest absolute Gasteiger partial charge is 0.126 e. The Hall–Kier alpha value is -1.60. The minimum atomic E-state index is -0.497. The molecule has 1 atom stereocenters. The number of ether oxygens (including phenoxy) is 2. The van der Waals surface area contributed by atoms with E-state index in [1.54, 1.807) is 6.07 Å². The van der Waals surface area contributed by atoms with Crippen LogP contribution in [0.5, 0.6) is 5.75 Å². The number of fused-ring (bicyclic) bond motifs is 1. The number of rotatable bonds is 3. The minimum Gasteiger partial charge on any atom is -0.490 e. The predicted molar refractivity (Wildman–Crippen MR) is 64.7 cm³/mol. The van der Waals surface area contributed by atoms with Gasteiger partial charge in [-0.2, -0.15) is 5.26 Å². The number of nitrogens with zero attached hydrogens (tertiary/aromatic N) is 1. The molecule has 0 saturated carbocycles. The summed E-state index contributed by atoms with van der Waals surface area (Å²) in [6.45, 7) is 4.44. The summed E-state index contributed by atoms with van der Waals surface area (Å²) in [4.78, 5) is 0. The predicted octanol–water partition coefficient (Wildman–Crippen LogP) is 2.70. The van der Waals surface area contributed by atoms with Crippen molar-refractivity contribution in [1.82, 2.24) is 0 Å². The van der Waals surface area contributed by atoms with Crippen molar-refractivity contribution < 1.29 is 13.9 Å². The average molecular weight is 249 g/mol. The van der Waals surface area contributed by atoms with Gasteiger partial charge in [0.05, 0.1) is 24.2 Å². The molecule has 1 aliphatic rings. The van der Waals surface area contributed by atoms with Crippen LogP contribution in [0.15, 0.2) is 18.2 Å². The van der Waals surface area contributed by atoms with E-state index in [4.69, 9.17) is 14.7 Å². The Morgan fingerprint density at radius 1 is 1.56 bits per heavy atom. The lowest BCUT2D eigenvalue weighted by atomic mass is 9.97. The van der Waals surface area contributed by atoms with Gasteiger partial charge in [-0.3, -0.25) is 0 Å². The summed E-state index contributed by atoms with van der Waals surface area (Å²) in [6, 6.07) is 6.72. The van der Waals surface area contributed by atoms with E-state index in [0.717, 1.165) is 5.56 Å². The highest BCUT2D eigenvalue weighted by molar-refractivity contribution is 5.36. The zero-order valence-corrected chi connectivity index (χ0v) is 10.6. The van der Waals surface area contributed by atoms with Crippen LogP contribution in [0.1, 0.15) is 19.4 Å². The van der Waals surface area contributed by atoms with Crippen LogP contribution >= 0.6 is 0 Å². The molecule has 18 heavy (non-hydrogen) atoms. The first-order chi connectivity index (χ1) is 8.50. The molecule has 1 aromatic rings. The van der Waals surface area contributed by atoms with Crippen molar-refractivity contribution in [2.75, 3.05) is 13.2 Å². The van der Waals surface area contributed by atoms with Crippen LogP contribution in [0.25, 0.3) is 0 Å². The molecule has 2 rings (SSSR count). The summed E-state index contributed by atoms with van der Waals surface area (Å²) < 4.78 is 24.1. The maximum absolute atomic E-state index is 13.0. The summed E-state index contributed by atoms with van der Waals surface area (Å²) >= 11 is 0. The number of benzene rings is 1. The van der Waals surface area contributed by atoms with Gasteiger partial charge in [0.25, 0.3) is 0 Å². The molecule has 0 fully saturated rings. The monoisotopic (exact) mass is 249 g/mol. The fourth-order valence-corrected chi connectivity index (χ4v) is 1.78. The highest BCUT2D eigenvalue weighted by Gasteiger charge is 2.24. The van der Waals surface area contributed by atoms with Crippen LogP contribution in [0.3, 0.4) is 0 Å². The van der Waals surface area contributed by atoms with Gasteiger partial charge in [-0.1, -0.05) is 6.07 Å². The van der Waals surface area contributed by atoms with E-state index in [1.807, 2.05) is 13.8 Å². The van der Waals surface area contributed by atoms with E-state index in [-0.39, 0.29) is 11.9 Å². The molecule has 0 saturated heterocycles. The SMILES string of the molecule is CC(C)(C#N)COC1COc2cc(F)ccc2C1. The van der Waals surface area contributed by atoms with Crippen LogP contribution in [0.2, 0.25) is 0 Å². The molecule has 0 aromatic heterocycles. The molecule has 0 spiro atoms. The summed E-state index contributed by atoms with van der Waals surface area (Å²) in [6.07, 6.45) is 0.618. The third kappa shape index (κ3) is 2.99. The Labute approximate surface area is 106 Å². The second-order valence-electron chi connectivity index (χ2n) is 5.20. The molecule has 0 radical (unpaired) electrons.